The van der Waals surface area contributed by atoms with Gasteiger partial charge in [0.05, 0.1) is 18.2 Å². The Hall–Kier alpha value is -2.94. The maximum absolute atomic E-state index is 13.9. The predicted octanol–water partition coefficient (Wildman–Crippen LogP) is 1.45. The van der Waals surface area contributed by atoms with Crippen LogP contribution in [0.5, 0.6) is 0 Å². The molecule has 0 radical (unpaired) electrons. The molecule has 0 unspecified atom stereocenters. The lowest BCUT2D eigenvalue weighted by molar-refractivity contribution is -0.164. The molecule has 1 spiro atoms. The summed E-state index contributed by atoms with van der Waals surface area (Å²) in [4.78, 5) is 58.4. The van der Waals surface area contributed by atoms with Gasteiger partial charge in [-0.2, -0.15) is 0 Å². The van der Waals surface area contributed by atoms with Crippen LogP contribution < -0.4 is 5.32 Å². The largest absolute Gasteiger partial charge is 0.466 e. The lowest BCUT2D eigenvalue weighted by Crippen LogP contribution is -2.64. The number of fused-ring (bicyclic) bond motifs is 4. The summed E-state index contributed by atoms with van der Waals surface area (Å²) in [5, 5.41) is 2.93. The van der Waals surface area contributed by atoms with E-state index in [2.05, 4.69) is 5.32 Å². The van der Waals surface area contributed by atoms with E-state index in [-0.39, 0.29) is 30.7 Å². The first-order valence-electron chi connectivity index (χ1n) is 11.9. The summed E-state index contributed by atoms with van der Waals surface area (Å²) in [5.74, 6) is -2.68. The summed E-state index contributed by atoms with van der Waals surface area (Å²) in [6, 6.07) is 4.78. The van der Waals surface area contributed by atoms with Crippen LogP contribution in [0.1, 0.15) is 45.6 Å². The van der Waals surface area contributed by atoms with Crippen LogP contribution >= 0.6 is 0 Å². The number of hydrogen-bond donors (Lipinski definition) is 1. The molecule has 5 atom stereocenters. The van der Waals surface area contributed by atoms with Gasteiger partial charge < -0.3 is 24.6 Å². The third-order valence-electron chi connectivity index (χ3n) is 8.07. The standard InChI is InChI=1S/C25H31N3O6/c1-5-34-22(31)18-19-21(30)27-12-8-11-16(27)20(29)28(19)17(13-24(2,3)33-4)25(18)14-9-6-7-10-15(14)26-23(25)32/h6-7,9-10,16-19H,5,8,11-13H2,1-4H3,(H,26,32)/t16-,17-,18+,19+,25-/m1/s1. The van der Waals surface area contributed by atoms with Crippen LogP contribution in [0.3, 0.4) is 0 Å². The average Bonchev–Trinajstić information content (AvgIpc) is 3.48. The van der Waals surface area contributed by atoms with Crippen LogP contribution in [0.2, 0.25) is 0 Å². The summed E-state index contributed by atoms with van der Waals surface area (Å²) in [5.41, 5.74) is -0.985. The summed E-state index contributed by atoms with van der Waals surface area (Å²) in [6.45, 7) is 6.02. The minimum absolute atomic E-state index is 0.101. The highest BCUT2D eigenvalue weighted by molar-refractivity contribution is 6.13. The van der Waals surface area contributed by atoms with E-state index < -0.39 is 41.0 Å². The maximum Gasteiger partial charge on any atom is 0.313 e. The van der Waals surface area contributed by atoms with Gasteiger partial charge in [-0.25, -0.2) is 0 Å². The van der Waals surface area contributed by atoms with Gasteiger partial charge >= 0.3 is 5.97 Å². The van der Waals surface area contributed by atoms with E-state index in [9.17, 15) is 19.2 Å². The highest BCUT2D eigenvalue weighted by Crippen LogP contribution is 2.57. The molecule has 5 rings (SSSR count). The molecule has 0 saturated carbocycles. The first kappa shape index (κ1) is 22.8. The molecule has 34 heavy (non-hydrogen) atoms. The Balaban J connectivity index is 1.78. The number of benzene rings is 1. The van der Waals surface area contributed by atoms with Crippen molar-refractivity contribution in [3.8, 4) is 0 Å². The monoisotopic (exact) mass is 469 g/mol. The van der Waals surface area contributed by atoms with E-state index in [1.807, 2.05) is 13.8 Å². The van der Waals surface area contributed by atoms with E-state index in [0.29, 0.717) is 24.2 Å². The van der Waals surface area contributed by atoms with E-state index in [1.54, 1.807) is 48.1 Å². The highest BCUT2D eigenvalue weighted by atomic mass is 16.5. The fraction of sp³-hybridized carbons (Fsp3) is 0.600. The second-order valence-electron chi connectivity index (χ2n) is 10.2. The number of amides is 3. The van der Waals surface area contributed by atoms with Crippen LogP contribution in [0, 0.1) is 5.92 Å². The molecule has 3 saturated heterocycles. The van der Waals surface area contributed by atoms with E-state index in [0.717, 1.165) is 6.42 Å². The van der Waals surface area contributed by atoms with Gasteiger partial charge in [-0.1, -0.05) is 18.2 Å². The number of esters is 1. The van der Waals surface area contributed by atoms with Crippen molar-refractivity contribution in [3.05, 3.63) is 29.8 Å². The van der Waals surface area contributed by atoms with Gasteiger partial charge in [0.2, 0.25) is 17.7 Å². The number of methoxy groups -OCH3 is 1. The Labute approximate surface area is 198 Å². The lowest BCUT2D eigenvalue weighted by Gasteiger charge is -2.43. The minimum Gasteiger partial charge on any atom is -0.466 e. The van der Waals surface area contributed by atoms with Crippen molar-refractivity contribution in [1.29, 1.82) is 0 Å². The van der Waals surface area contributed by atoms with Crippen molar-refractivity contribution in [3.63, 3.8) is 0 Å². The molecule has 4 heterocycles. The van der Waals surface area contributed by atoms with E-state index in [1.165, 1.54) is 0 Å². The SMILES string of the molecule is CCOC(=O)[C@@H]1[C@H]2C(=O)N3CCC[C@@H]3C(=O)N2[C@H](CC(C)(C)OC)[C@@]12C(=O)Nc1ccccc12. The number of hydrogen-bond acceptors (Lipinski definition) is 6. The van der Waals surface area contributed by atoms with Gasteiger partial charge in [0.15, 0.2) is 0 Å². The predicted molar refractivity (Wildman–Crippen MR) is 122 cm³/mol. The molecule has 3 fully saturated rings. The van der Waals surface area contributed by atoms with Crippen molar-refractivity contribution in [2.45, 2.75) is 69.2 Å². The molecule has 0 aliphatic carbocycles. The van der Waals surface area contributed by atoms with Crippen LogP contribution in [-0.4, -0.2) is 77.5 Å². The first-order chi connectivity index (χ1) is 16.2. The molecule has 3 amide bonds. The van der Waals surface area contributed by atoms with Crippen LogP contribution in [0.4, 0.5) is 5.69 Å². The Bertz CT molecular complexity index is 1070. The zero-order valence-electron chi connectivity index (χ0n) is 20.0. The second-order valence-corrected chi connectivity index (χ2v) is 10.2. The number of ether oxygens (including phenoxy) is 2. The second kappa shape index (κ2) is 7.80. The summed E-state index contributed by atoms with van der Waals surface area (Å²) in [7, 11) is 1.58. The van der Waals surface area contributed by atoms with Crippen LogP contribution in [-0.2, 0) is 34.1 Å². The number of carbonyl (C=O) groups is 4. The van der Waals surface area contributed by atoms with Crippen LogP contribution in [0.15, 0.2) is 24.3 Å². The molecule has 182 valence electrons. The molecule has 4 aliphatic rings. The molecular weight excluding hydrogens is 438 g/mol. The molecule has 0 aromatic heterocycles. The Morgan fingerprint density at radius 2 is 1.94 bits per heavy atom. The zero-order valence-corrected chi connectivity index (χ0v) is 20.0. The number of nitrogens with one attached hydrogen (secondary N) is 1. The normalized spacial score (nSPS) is 32.1. The molecule has 9 heteroatoms. The van der Waals surface area contributed by atoms with Crippen molar-refractivity contribution >= 4 is 29.4 Å². The Morgan fingerprint density at radius 1 is 1.21 bits per heavy atom. The number of piperazine rings is 1. The number of carbonyl (C=O) groups excluding carboxylic acids is 4. The number of anilines is 1. The van der Waals surface area contributed by atoms with E-state index in [4.69, 9.17) is 9.47 Å². The van der Waals surface area contributed by atoms with Gasteiger partial charge in [-0.05, 0) is 51.7 Å². The van der Waals surface area contributed by atoms with Crippen molar-refractivity contribution in [1.82, 2.24) is 9.80 Å². The topological polar surface area (TPSA) is 105 Å². The lowest BCUT2D eigenvalue weighted by atomic mass is 9.65. The van der Waals surface area contributed by atoms with Crippen molar-refractivity contribution in [2.75, 3.05) is 25.6 Å². The molecular formula is C25H31N3O6. The van der Waals surface area contributed by atoms with Gasteiger partial charge in [-0.15, -0.1) is 0 Å². The third-order valence-corrected chi connectivity index (χ3v) is 8.07. The number of nitrogens with zero attached hydrogens (tertiary/aromatic N) is 2. The molecule has 9 nitrogen and oxygen atoms in total. The quantitative estimate of drug-likeness (QED) is 0.655. The summed E-state index contributed by atoms with van der Waals surface area (Å²) in [6.07, 6.45) is 1.58. The van der Waals surface area contributed by atoms with Gasteiger partial charge in [0, 0.05) is 19.3 Å². The van der Waals surface area contributed by atoms with Gasteiger partial charge in [0.25, 0.3) is 0 Å². The highest BCUT2D eigenvalue weighted by Gasteiger charge is 2.74. The first-order valence-corrected chi connectivity index (χ1v) is 11.9. The summed E-state index contributed by atoms with van der Waals surface area (Å²) < 4.78 is 11.2. The number of para-hydroxylation sites is 1. The average molecular weight is 470 g/mol. The third kappa shape index (κ3) is 2.88. The Kier molecular flexibility index (Phi) is 5.24. The fourth-order valence-electron chi connectivity index (χ4n) is 6.51. The molecule has 1 aromatic rings. The Morgan fingerprint density at radius 3 is 2.65 bits per heavy atom. The molecule has 1 N–H and O–H groups in total. The van der Waals surface area contributed by atoms with Crippen molar-refractivity contribution in [2.24, 2.45) is 5.92 Å². The fourth-order valence-corrected chi connectivity index (χ4v) is 6.51. The van der Waals surface area contributed by atoms with Crippen LogP contribution in [0.25, 0.3) is 0 Å². The minimum atomic E-state index is -1.46. The number of rotatable bonds is 5. The molecule has 0 bridgehead atoms. The summed E-state index contributed by atoms with van der Waals surface area (Å²) >= 11 is 0. The zero-order chi connectivity index (χ0) is 24.4. The molecule has 1 aromatic carbocycles. The van der Waals surface area contributed by atoms with E-state index >= 15 is 0 Å². The smallest absolute Gasteiger partial charge is 0.313 e. The molecule has 4 aliphatic heterocycles. The van der Waals surface area contributed by atoms with Crippen molar-refractivity contribution < 1.29 is 28.7 Å². The maximum atomic E-state index is 13.9. The van der Waals surface area contributed by atoms with Gasteiger partial charge in [0.1, 0.15) is 23.4 Å². The van der Waals surface area contributed by atoms with Gasteiger partial charge in [-0.3, -0.25) is 19.2 Å².